The lowest BCUT2D eigenvalue weighted by Crippen LogP contribution is -2.15. The van der Waals surface area contributed by atoms with Crippen molar-refractivity contribution in [2.45, 2.75) is 5.92 Å². The molecule has 0 radical (unpaired) electrons. The molecule has 0 saturated heterocycles. The zero-order chi connectivity index (χ0) is 11.7. The number of hydrogen-bond donors (Lipinski definition) is 0. The summed E-state index contributed by atoms with van der Waals surface area (Å²) in [5.41, 5.74) is 0.804. The van der Waals surface area contributed by atoms with E-state index in [-0.39, 0.29) is 11.9 Å². The van der Waals surface area contributed by atoms with Crippen LogP contribution >= 0.6 is 15.9 Å². The molecule has 1 unspecified atom stereocenters. The first-order valence-electron chi connectivity index (χ1n) is 4.75. The highest BCUT2D eigenvalue weighted by atomic mass is 79.9. The van der Waals surface area contributed by atoms with E-state index in [9.17, 15) is 4.79 Å². The molecule has 4 nitrogen and oxygen atoms in total. The van der Waals surface area contributed by atoms with Crippen LogP contribution in [0, 0.1) is 0 Å². The quantitative estimate of drug-likeness (QED) is 0.781. The molecule has 0 aliphatic carbocycles. The Kier molecular flexibility index (Phi) is 3.05. The minimum absolute atomic E-state index is 0.293. The normalized spacial score (nSPS) is 17.6. The topological polar surface area (TPSA) is 44.8 Å². The van der Waals surface area contributed by atoms with Crippen LogP contribution in [0.5, 0.6) is 11.5 Å². The molecule has 0 fully saturated rings. The Balaban J connectivity index is 2.46. The molecule has 1 heterocycles. The first kappa shape index (κ1) is 11.3. The summed E-state index contributed by atoms with van der Waals surface area (Å²) < 4.78 is 16.2. The van der Waals surface area contributed by atoms with Crippen LogP contribution < -0.4 is 9.47 Å². The summed E-state index contributed by atoms with van der Waals surface area (Å²) in [5, 5.41) is 0. The molecular formula is C11H11BrO4. The van der Waals surface area contributed by atoms with Crippen LogP contribution in [-0.2, 0) is 9.53 Å². The van der Waals surface area contributed by atoms with E-state index < -0.39 is 0 Å². The van der Waals surface area contributed by atoms with Gasteiger partial charge in [0.2, 0.25) is 0 Å². The van der Waals surface area contributed by atoms with Crippen molar-refractivity contribution in [2.75, 3.05) is 20.8 Å². The van der Waals surface area contributed by atoms with Gasteiger partial charge >= 0.3 is 5.97 Å². The first-order chi connectivity index (χ1) is 7.67. The van der Waals surface area contributed by atoms with E-state index >= 15 is 0 Å². The second-order valence-electron chi connectivity index (χ2n) is 3.41. The number of esters is 1. The minimum Gasteiger partial charge on any atom is -0.493 e. The zero-order valence-corrected chi connectivity index (χ0v) is 10.5. The predicted octanol–water partition coefficient (Wildman–Crippen LogP) is 2.11. The third kappa shape index (κ3) is 1.75. The molecule has 86 valence electrons. The van der Waals surface area contributed by atoms with Gasteiger partial charge in [-0.2, -0.15) is 0 Å². The third-order valence-corrected chi connectivity index (χ3v) is 2.98. The second kappa shape index (κ2) is 4.33. The van der Waals surface area contributed by atoms with Gasteiger partial charge in [-0.3, -0.25) is 4.79 Å². The van der Waals surface area contributed by atoms with Crippen molar-refractivity contribution in [3.05, 3.63) is 22.2 Å². The number of halogens is 1. The number of carbonyl (C=O) groups excluding carboxylic acids is 1. The zero-order valence-electron chi connectivity index (χ0n) is 8.95. The molecule has 0 N–H and O–H groups in total. The number of fused-ring (bicyclic) bond motifs is 1. The maximum absolute atomic E-state index is 11.5. The van der Waals surface area contributed by atoms with Crippen LogP contribution in [0.25, 0.3) is 0 Å². The smallest absolute Gasteiger partial charge is 0.316 e. The van der Waals surface area contributed by atoms with Gasteiger partial charge in [0.25, 0.3) is 0 Å². The fourth-order valence-electron chi connectivity index (χ4n) is 1.75. The van der Waals surface area contributed by atoms with E-state index in [0.717, 1.165) is 10.0 Å². The summed E-state index contributed by atoms with van der Waals surface area (Å²) in [6.45, 7) is 0.300. The molecule has 0 saturated carbocycles. The van der Waals surface area contributed by atoms with Crippen LogP contribution in [0.4, 0.5) is 0 Å². The molecule has 1 aromatic rings. The van der Waals surface area contributed by atoms with E-state index in [0.29, 0.717) is 18.1 Å². The molecule has 0 aromatic heterocycles. The van der Waals surface area contributed by atoms with E-state index in [1.807, 2.05) is 6.07 Å². The highest BCUT2D eigenvalue weighted by Crippen LogP contribution is 2.43. The number of benzene rings is 1. The third-order valence-electron chi connectivity index (χ3n) is 2.52. The maximum Gasteiger partial charge on any atom is 0.316 e. The maximum atomic E-state index is 11.5. The molecule has 5 heteroatoms. The van der Waals surface area contributed by atoms with Gasteiger partial charge in [-0.1, -0.05) is 15.9 Å². The number of ether oxygens (including phenoxy) is 3. The van der Waals surface area contributed by atoms with Crippen LogP contribution in [0.1, 0.15) is 11.5 Å². The Morgan fingerprint density at radius 2 is 2.25 bits per heavy atom. The monoisotopic (exact) mass is 286 g/mol. The van der Waals surface area contributed by atoms with Crippen LogP contribution in [0.15, 0.2) is 16.6 Å². The second-order valence-corrected chi connectivity index (χ2v) is 4.33. The summed E-state index contributed by atoms with van der Waals surface area (Å²) >= 11 is 3.37. The molecule has 2 rings (SSSR count). The lowest BCUT2D eigenvalue weighted by atomic mass is 10.0. The standard InChI is InChI=1S/C11H11BrO4/c1-14-9-4-6(12)3-7-8(11(13)15-2)5-16-10(7)9/h3-4,8H,5H2,1-2H3. The van der Waals surface area contributed by atoms with Gasteiger partial charge in [0, 0.05) is 10.0 Å². The molecule has 1 atom stereocenters. The predicted molar refractivity (Wildman–Crippen MR) is 60.9 cm³/mol. The lowest BCUT2D eigenvalue weighted by molar-refractivity contribution is -0.142. The molecule has 0 amide bonds. The van der Waals surface area contributed by atoms with Crippen LogP contribution in [-0.4, -0.2) is 26.8 Å². The number of hydrogen-bond acceptors (Lipinski definition) is 4. The minimum atomic E-state index is -0.369. The van der Waals surface area contributed by atoms with Crippen molar-refractivity contribution in [3.8, 4) is 11.5 Å². The van der Waals surface area contributed by atoms with E-state index in [1.54, 1.807) is 13.2 Å². The summed E-state index contributed by atoms with van der Waals surface area (Å²) in [7, 11) is 2.94. The van der Waals surface area contributed by atoms with Crippen molar-refractivity contribution in [1.29, 1.82) is 0 Å². The van der Waals surface area contributed by atoms with Gasteiger partial charge in [0.15, 0.2) is 11.5 Å². The van der Waals surface area contributed by atoms with Gasteiger partial charge in [-0.05, 0) is 12.1 Å². The first-order valence-corrected chi connectivity index (χ1v) is 5.54. The molecule has 0 spiro atoms. The van der Waals surface area contributed by atoms with Gasteiger partial charge in [-0.25, -0.2) is 0 Å². The van der Waals surface area contributed by atoms with Crippen molar-refractivity contribution in [1.82, 2.24) is 0 Å². The van der Waals surface area contributed by atoms with Crippen molar-refractivity contribution < 1.29 is 19.0 Å². The average Bonchev–Trinajstić information content (AvgIpc) is 2.70. The SMILES string of the molecule is COC(=O)C1COc2c(OC)cc(Br)cc21. The van der Waals surface area contributed by atoms with E-state index in [1.165, 1.54) is 7.11 Å². The Morgan fingerprint density at radius 1 is 1.50 bits per heavy atom. The molecule has 1 aliphatic rings. The van der Waals surface area contributed by atoms with Gasteiger partial charge in [0.05, 0.1) is 14.2 Å². The summed E-state index contributed by atoms with van der Waals surface area (Å²) in [5.74, 6) is 0.585. The number of carbonyl (C=O) groups is 1. The summed E-state index contributed by atoms with van der Waals surface area (Å²) in [6, 6.07) is 3.66. The van der Waals surface area contributed by atoms with Crippen LogP contribution in [0.2, 0.25) is 0 Å². The Bertz CT molecular complexity index is 430. The Hall–Kier alpha value is -1.23. The van der Waals surface area contributed by atoms with Gasteiger partial charge in [0.1, 0.15) is 12.5 Å². The average molecular weight is 287 g/mol. The fourth-order valence-corrected chi connectivity index (χ4v) is 2.20. The fraction of sp³-hybridized carbons (Fsp3) is 0.364. The number of methoxy groups -OCH3 is 2. The molecular weight excluding hydrogens is 276 g/mol. The summed E-state index contributed by atoms with van der Waals surface area (Å²) in [6.07, 6.45) is 0. The molecule has 1 aliphatic heterocycles. The van der Waals surface area contributed by atoms with Gasteiger partial charge < -0.3 is 14.2 Å². The molecule has 16 heavy (non-hydrogen) atoms. The highest BCUT2D eigenvalue weighted by molar-refractivity contribution is 9.10. The lowest BCUT2D eigenvalue weighted by Gasteiger charge is -2.08. The van der Waals surface area contributed by atoms with Crippen LogP contribution in [0.3, 0.4) is 0 Å². The number of rotatable bonds is 2. The largest absolute Gasteiger partial charge is 0.493 e. The summed E-state index contributed by atoms with van der Waals surface area (Å²) in [4.78, 5) is 11.5. The van der Waals surface area contributed by atoms with Crippen molar-refractivity contribution >= 4 is 21.9 Å². The molecule has 0 bridgehead atoms. The van der Waals surface area contributed by atoms with Crippen molar-refractivity contribution in [3.63, 3.8) is 0 Å². The highest BCUT2D eigenvalue weighted by Gasteiger charge is 2.33. The molecule has 1 aromatic carbocycles. The van der Waals surface area contributed by atoms with Gasteiger partial charge in [-0.15, -0.1) is 0 Å². The Morgan fingerprint density at radius 3 is 2.88 bits per heavy atom. The Labute approximate surface area is 102 Å². The van der Waals surface area contributed by atoms with Crippen molar-refractivity contribution in [2.24, 2.45) is 0 Å². The van der Waals surface area contributed by atoms with E-state index in [2.05, 4.69) is 15.9 Å². The van der Waals surface area contributed by atoms with E-state index in [4.69, 9.17) is 14.2 Å².